The highest BCUT2D eigenvalue weighted by molar-refractivity contribution is 5.24. The summed E-state index contributed by atoms with van der Waals surface area (Å²) in [4.78, 5) is 0. The third kappa shape index (κ3) is 2.14. The fourth-order valence-corrected chi connectivity index (χ4v) is 3.07. The maximum atomic E-state index is 4.46. The summed E-state index contributed by atoms with van der Waals surface area (Å²) in [5.41, 5.74) is 2.61. The van der Waals surface area contributed by atoms with Crippen molar-refractivity contribution < 1.29 is 0 Å². The first-order chi connectivity index (χ1) is 9.81. The van der Waals surface area contributed by atoms with Crippen molar-refractivity contribution in [3.8, 4) is 0 Å². The molecule has 1 N–H and O–H groups in total. The molecule has 2 heterocycles. The Morgan fingerprint density at radius 1 is 1.20 bits per heavy atom. The molecule has 1 saturated carbocycles. The second-order valence-corrected chi connectivity index (χ2v) is 6.06. The molecule has 0 bridgehead atoms. The van der Waals surface area contributed by atoms with Gasteiger partial charge in [0.1, 0.15) is 5.82 Å². The van der Waals surface area contributed by atoms with Gasteiger partial charge in [0, 0.05) is 19.5 Å². The molecule has 1 fully saturated rings. The van der Waals surface area contributed by atoms with Crippen molar-refractivity contribution in [2.75, 3.05) is 6.54 Å². The van der Waals surface area contributed by atoms with Crippen molar-refractivity contribution in [1.82, 2.24) is 20.1 Å². The largest absolute Gasteiger partial charge is 0.312 e. The van der Waals surface area contributed by atoms with Crippen LogP contribution in [-0.2, 0) is 13.0 Å². The Bertz CT molecular complexity index is 610. The Hall–Kier alpha value is -1.68. The molecule has 20 heavy (non-hydrogen) atoms. The van der Waals surface area contributed by atoms with Crippen molar-refractivity contribution in [3.63, 3.8) is 0 Å². The van der Waals surface area contributed by atoms with E-state index in [4.69, 9.17) is 0 Å². The third-order valence-corrected chi connectivity index (χ3v) is 4.41. The number of nitrogens with one attached hydrogen (secondary N) is 1. The molecule has 0 spiro atoms. The van der Waals surface area contributed by atoms with Crippen LogP contribution in [0.15, 0.2) is 24.3 Å². The zero-order valence-electron chi connectivity index (χ0n) is 11.8. The Labute approximate surface area is 119 Å². The maximum absolute atomic E-state index is 4.46. The minimum atomic E-state index is 0.433. The van der Waals surface area contributed by atoms with E-state index >= 15 is 0 Å². The van der Waals surface area contributed by atoms with Crippen molar-refractivity contribution in [3.05, 3.63) is 47.0 Å². The fourth-order valence-electron chi connectivity index (χ4n) is 3.07. The second-order valence-electron chi connectivity index (χ2n) is 6.06. The van der Waals surface area contributed by atoms with Gasteiger partial charge in [-0.2, -0.15) is 0 Å². The number of aromatic nitrogens is 3. The molecule has 104 valence electrons. The summed E-state index contributed by atoms with van der Waals surface area (Å²) in [5, 5.41) is 12.5. The highest BCUT2D eigenvalue weighted by atomic mass is 15.3. The van der Waals surface area contributed by atoms with Gasteiger partial charge in [-0.3, -0.25) is 0 Å². The van der Waals surface area contributed by atoms with E-state index in [2.05, 4.69) is 51.3 Å². The van der Waals surface area contributed by atoms with Crippen molar-refractivity contribution in [1.29, 1.82) is 0 Å². The molecule has 4 nitrogen and oxygen atoms in total. The first kappa shape index (κ1) is 12.1. The zero-order chi connectivity index (χ0) is 13.5. The molecule has 1 aromatic carbocycles. The number of rotatable bonds is 3. The molecular formula is C16H20N4. The van der Waals surface area contributed by atoms with Crippen LogP contribution in [-0.4, -0.2) is 21.3 Å². The molecule has 0 radical (unpaired) electrons. The molecule has 1 aliphatic heterocycles. The second kappa shape index (κ2) is 4.70. The molecule has 0 amide bonds. The summed E-state index contributed by atoms with van der Waals surface area (Å²) in [5.74, 6) is 3.04. The Morgan fingerprint density at radius 2 is 2.00 bits per heavy atom. The molecule has 1 atom stereocenters. The summed E-state index contributed by atoms with van der Waals surface area (Å²) in [6, 6.07) is 9.14. The lowest BCUT2D eigenvalue weighted by molar-refractivity contribution is 0.377. The Balaban J connectivity index is 1.61. The van der Waals surface area contributed by atoms with E-state index in [1.807, 2.05) is 0 Å². The Kier molecular flexibility index (Phi) is 2.84. The average molecular weight is 268 g/mol. The first-order valence-corrected chi connectivity index (χ1v) is 7.52. The molecular weight excluding hydrogens is 248 g/mol. The van der Waals surface area contributed by atoms with E-state index < -0.39 is 0 Å². The van der Waals surface area contributed by atoms with Crippen LogP contribution < -0.4 is 5.32 Å². The van der Waals surface area contributed by atoms with Gasteiger partial charge in [-0.1, -0.05) is 29.8 Å². The molecule has 1 aliphatic carbocycles. The van der Waals surface area contributed by atoms with Gasteiger partial charge in [0.05, 0.1) is 6.04 Å². The topological polar surface area (TPSA) is 42.7 Å². The predicted octanol–water partition coefficient (Wildman–Crippen LogP) is 2.23. The van der Waals surface area contributed by atoms with Crippen LogP contribution in [0.1, 0.15) is 41.7 Å². The minimum Gasteiger partial charge on any atom is -0.312 e. The summed E-state index contributed by atoms with van der Waals surface area (Å²) < 4.78 is 2.33. The predicted molar refractivity (Wildman–Crippen MR) is 77.5 cm³/mol. The molecule has 2 aromatic rings. The third-order valence-electron chi connectivity index (χ3n) is 4.41. The van der Waals surface area contributed by atoms with Crippen molar-refractivity contribution in [2.45, 2.75) is 38.8 Å². The first-order valence-electron chi connectivity index (χ1n) is 7.52. The van der Waals surface area contributed by atoms with Gasteiger partial charge in [0.25, 0.3) is 0 Å². The van der Waals surface area contributed by atoms with E-state index in [1.54, 1.807) is 0 Å². The van der Waals surface area contributed by atoms with Crippen LogP contribution >= 0.6 is 0 Å². The van der Waals surface area contributed by atoms with Crippen LogP contribution in [0.3, 0.4) is 0 Å². The zero-order valence-corrected chi connectivity index (χ0v) is 11.8. The van der Waals surface area contributed by atoms with E-state index in [0.29, 0.717) is 6.04 Å². The monoisotopic (exact) mass is 268 g/mol. The van der Waals surface area contributed by atoms with E-state index in [9.17, 15) is 0 Å². The molecule has 1 aromatic heterocycles. The van der Waals surface area contributed by atoms with Gasteiger partial charge in [0.2, 0.25) is 0 Å². The number of fused-ring (bicyclic) bond motifs is 1. The van der Waals surface area contributed by atoms with Crippen molar-refractivity contribution in [2.24, 2.45) is 5.92 Å². The lowest BCUT2D eigenvalue weighted by atomic mass is 10.1. The average Bonchev–Trinajstić information content (AvgIpc) is 3.23. The quantitative estimate of drug-likeness (QED) is 0.928. The lowest BCUT2D eigenvalue weighted by Crippen LogP contribution is -2.35. The number of nitrogens with zero attached hydrogens (tertiary/aromatic N) is 3. The van der Waals surface area contributed by atoms with Crippen LogP contribution in [0, 0.1) is 12.8 Å². The summed E-state index contributed by atoms with van der Waals surface area (Å²) in [6.45, 7) is 4.15. The smallest absolute Gasteiger partial charge is 0.150 e. The number of hydrogen-bond donors (Lipinski definition) is 1. The van der Waals surface area contributed by atoms with Gasteiger partial charge in [0.15, 0.2) is 5.82 Å². The minimum absolute atomic E-state index is 0.433. The molecule has 1 unspecified atom stereocenters. The molecule has 4 heteroatoms. The normalized spacial score (nSPS) is 21.8. The van der Waals surface area contributed by atoms with E-state index in [0.717, 1.165) is 37.1 Å². The number of benzene rings is 1. The maximum Gasteiger partial charge on any atom is 0.150 e. The summed E-state index contributed by atoms with van der Waals surface area (Å²) in [7, 11) is 0. The van der Waals surface area contributed by atoms with Crippen LogP contribution in [0.25, 0.3) is 0 Å². The Morgan fingerprint density at radius 3 is 2.75 bits per heavy atom. The van der Waals surface area contributed by atoms with Gasteiger partial charge in [-0.15, -0.1) is 10.2 Å². The summed E-state index contributed by atoms with van der Waals surface area (Å²) >= 11 is 0. The van der Waals surface area contributed by atoms with Crippen LogP contribution in [0.2, 0.25) is 0 Å². The van der Waals surface area contributed by atoms with Gasteiger partial charge < -0.3 is 9.88 Å². The summed E-state index contributed by atoms with van der Waals surface area (Å²) in [6.07, 6.45) is 3.54. The lowest BCUT2D eigenvalue weighted by Gasteiger charge is -2.25. The highest BCUT2D eigenvalue weighted by Gasteiger charge is 2.37. The van der Waals surface area contributed by atoms with E-state index in [-0.39, 0.29) is 0 Å². The van der Waals surface area contributed by atoms with Gasteiger partial charge in [-0.25, -0.2) is 0 Å². The highest BCUT2D eigenvalue weighted by Crippen LogP contribution is 2.41. The number of hydrogen-bond acceptors (Lipinski definition) is 3. The number of aryl methyl sites for hydroxylation is 1. The standard InChI is InChI=1S/C16H20N4/c1-11-2-4-12(5-3-11)10-14-18-19-16-15(13-6-7-13)17-8-9-20(14)16/h2-5,13,15,17H,6-10H2,1H3. The van der Waals surface area contributed by atoms with Crippen LogP contribution in [0.4, 0.5) is 0 Å². The molecule has 4 rings (SSSR count). The molecule has 2 aliphatic rings. The molecule has 0 saturated heterocycles. The van der Waals surface area contributed by atoms with Gasteiger partial charge >= 0.3 is 0 Å². The fraction of sp³-hybridized carbons (Fsp3) is 0.500. The van der Waals surface area contributed by atoms with E-state index in [1.165, 1.54) is 24.0 Å². The van der Waals surface area contributed by atoms with Gasteiger partial charge in [-0.05, 0) is 31.2 Å². The SMILES string of the molecule is Cc1ccc(Cc2nnc3n2CCNC3C2CC2)cc1. The van der Waals surface area contributed by atoms with Crippen LogP contribution in [0.5, 0.6) is 0 Å². The van der Waals surface area contributed by atoms with Crippen molar-refractivity contribution >= 4 is 0 Å².